The molecule has 0 saturated carbocycles. The molecule has 0 unspecified atom stereocenters. The molecule has 0 bridgehead atoms. The third-order valence-electron chi connectivity index (χ3n) is 10.3. The average Bonchev–Trinajstić information content (AvgIpc) is 3.05. The van der Waals surface area contributed by atoms with Crippen molar-refractivity contribution in [3.05, 3.63) is 153 Å². The highest BCUT2D eigenvalue weighted by molar-refractivity contribution is 5.38. The zero-order chi connectivity index (χ0) is 39.3. The van der Waals surface area contributed by atoms with Crippen molar-refractivity contribution in [1.29, 1.82) is 0 Å². The van der Waals surface area contributed by atoms with E-state index < -0.39 is 5.60 Å². The van der Waals surface area contributed by atoms with Gasteiger partial charge >= 0.3 is 0 Å². The predicted molar refractivity (Wildman–Crippen MR) is 232 cm³/mol. The number of aliphatic hydroxyl groups excluding tert-OH is 1. The van der Waals surface area contributed by atoms with Gasteiger partial charge in [0.25, 0.3) is 0 Å². The Labute approximate surface area is 320 Å². The summed E-state index contributed by atoms with van der Waals surface area (Å²) in [7, 11) is 0. The highest BCUT2D eigenvalue weighted by Crippen LogP contribution is 2.47. The molecule has 2 N–H and O–H groups in total. The number of hydrogen-bond acceptors (Lipinski definition) is 2. The largest absolute Gasteiger partial charge is 0.392 e. The summed E-state index contributed by atoms with van der Waals surface area (Å²) in [5.74, 6) is 0.834. The van der Waals surface area contributed by atoms with Crippen LogP contribution in [0.3, 0.4) is 0 Å². The summed E-state index contributed by atoms with van der Waals surface area (Å²) >= 11 is 0. The summed E-state index contributed by atoms with van der Waals surface area (Å²) in [4.78, 5) is 0. The molecule has 0 aromatic carbocycles. The number of aliphatic hydroxyl groups is 2. The Bertz CT molecular complexity index is 1530. The second-order valence-corrected chi connectivity index (χ2v) is 16.5. The first-order valence-electron chi connectivity index (χ1n) is 19.4. The van der Waals surface area contributed by atoms with E-state index >= 15 is 0 Å². The van der Waals surface area contributed by atoms with Crippen LogP contribution in [0.1, 0.15) is 129 Å². The molecule has 1 aliphatic carbocycles. The van der Waals surface area contributed by atoms with Crippen molar-refractivity contribution in [2.45, 2.75) is 134 Å². The lowest BCUT2D eigenvalue weighted by molar-refractivity contribution is 0.0145. The molecule has 0 heterocycles. The van der Waals surface area contributed by atoms with Crippen LogP contribution in [-0.4, -0.2) is 22.4 Å². The van der Waals surface area contributed by atoms with Crippen LogP contribution < -0.4 is 0 Å². The molecule has 0 radical (unpaired) electrons. The van der Waals surface area contributed by atoms with Gasteiger partial charge in [0.05, 0.1) is 12.2 Å². The van der Waals surface area contributed by atoms with Crippen molar-refractivity contribution >= 4 is 0 Å². The molecule has 0 aliphatic heterocycles. The lowest BCUT2D eigenvalue weighted by Gasteiger charge is -2.41. The molecule has 0 amide bonds. The summed E-state index contributed by atoms with van der Waals surface area (Å²) in [5, 5.41) is 20.0. The molecule has 1 rings (SSSR count). The minimum atomic E-state index is -0.672. The smallest absolute Gasteiger partial charge is 0.0639 e. The second-order valence-electron chi connectivity index (χ2n) is 16.5. The van der Waals surface area contributed by atoms with Crippen molar-refractivity contribution in [3.63, 3.8) is 0 Å². The van der Waals surface area contributed by atoms with Crippen LogP contribution in [0, 0.1) is 17.3 Å². The number of allylic oxidation sites excluding steroid dienone is 25. The Kier molecular flexibility index (Phi) is 21.5. The van der Waals surface area contributed by atoms with Gasteiger partial charge in [-0.05, 0) is 138 Å². The number of rotatable bonds is 19. The molecule has 2 atom stereocenters. The highest BCUT2D eigenvalue weighted by Gasteiger charge is 2.35. The summed E-state index contributed by atoms with van der Waals surface area (Å²) in [6, 6.07) is 0. The van der Waals surface area contributed by atoms with Gasteiger partial charge in [0.15, 0.2) is 0 Å². The standard InChI is InChI=1S/C50H74O2/c1-38(2)27-32-47(50(12,13)52)34-28-42(6)25-18-24-41(5)23-16-21-39(3)19-14-15-20-40(4)22-17-26-43(7)30-36-48-45(9)31-35-46(49(48,10)11)33-29-44(8)37-51/h14-27,29-30,36,46-47,51-52H,28,31-35,37H2,1-13H3/b15-14+,21-16+,22-17+,24-18+,36-30+,39-19+,40-20+,41-23+,42-25+,43-26+,44-29+/t46-,47-/m0/s1. The van der Waals surface area contributed by atoms with E-state index in [1.165, 1.54) is 51.0 Å². The van der Waals surface area contributed by atoms with Crippen molar-refractivity contribution in [2.75, 3.05) is 6.61 Å². The molecule has 0 fully saturated rings. The molecule has 0 aromatic rings. The van der Waals surface area contributed by atoms with Gasteiger partial charge in [0.1, 0.15) is 0 Å². The second kappa shape index (κ2) is 24.0. The first-order chi connectivity index (χ1) is 24.4. The van der Waals surface area contributed by atoms with E-state index in [0.29, 0.717) is 5.92 Å². The van der Waals surface area contributed by atoms with E-state index in [0.717, 1.165) is 37.7 Å². The molecule has 0 spiro atoms. The van der Waals surface area contributed by atoms with Crippen LogP contribution >= 0.6 is 0 Å². The van der Waals surface area contributed by atoms with Gasteiger partial charge < -0.3 is 10.2 Å². The molecule has 52 heavy (non-hydrogen) atoms. The Morgan fingerprint density at radius 1 is 0.731 bits per heavy atom. The molecular weight excluding hydrogens is 633 g/mol. The van der Waals surface area contributed by atoms with Gasteiger partial charge in [0, 0.05) is 0 Å². The molecule has 2 nitrogen and oxygen atoms in total. The fourth-order valence-corrected chi connectivity index (χ4v) is 6.38. The van der Waals surface area contributed by atoms with Gasteiger partial charge in [0.2, 0.25) is 0 Å². The average molecular weight is 707 g/mol. The van der Waals surface area contributed by atoms with Crippen molar-refractivity contribution in [3.8, 4) is 0 Å². The van der Waals surface area contributed by atoms with E-state index in [2.05, 4.69) is 173 Å². The maximum atomic E-state index is 10.6. The van der Waals surface area contributed by atoms with E-state index in [-0.39, 0.29) is 17.9 Å². The molecule has 2 heteroatoms. The summed E-state index contributed by atoms with van der Waals surface area (Å²) in [6.07, 6.45) is 43.0. The first kappa shape index (κ1) is 46.6. The zero-order valence-electron chi connectivity index (χ0n) is 35.3. The number of hydrogen-bond donors (Lipinski definition) is 2. The van der Waals surface area contributed by atoms with Crippen LogP contribution in [0.2, 0.25) is 0 Å². The Morgan fingerprint density at radius 3 is 1.73 bits per heavy atom. The lowest BCUT2D eigenvalue weighted by Crippen LogP contribution is -2.30. The fraction of sp³-hybridized carbons (Fsp3) is 0.480. The molecular formula is C50H74O2. The van der Waals surface area contributed by atoms with Crippen LogP contribution in [-0.2, 0) is 0 Å². The quantitative estimate of drug-likeness (QED) is 0.104. The Balaban J connectivity index is 2.69. The Hall–Kier alpha value is -3.46. The molecule has 0 saturated heterocycles. The monoisotopic (exact) mass is 707 g/mol. The third kappa shape index (κ3) is 19.4. The van der Waals surface area contributed by atoms with Crippen molar-refractivity contribution in [2.24, 2.45) is 17.3 Å². The van der Waals surface area contributed by atoms with E-state index in [1.807, 2.05) is 20.8 Å². The van der Waals surface area contributed by atoms with Crippen LogP contribution in [0.25, 0.3) is 0 Å². The van der Waals surface area contributed by atoms with Crippen LogP contribution in [0.15, 0.2) is 153 Å². The summed E-state index contributed by atoms with van der Waals surface area (Å²) in [5.41, 5.74) is 10.9. The maximum Gasteiger partial charge on any atom is 0.0639 e. The minimum absolute atomic E-state index is 0.107. The molecule has 1 aliphatic rings. The topological polar surface area (TPSA) is 40.5 Å². The lowest BCUT2D eigenvalue weighted by atomic mass is 9.64. The molecule has 286 valence electrons. The minimum Gasteiger partial charge on any atom is -0.392 e. The van der Waals surface area contributed by atoms with Gasteiger partial charge in [-0.15, -0.1) is 0 Å². The van der Waals surface area contributed by atoms with Crippen LogP contribution in [0.5, 0.6) is 0 Å². The summed E-state index contributed by atoms with van der Waals surface area (Å²) < 4.78 is 0. The third-order valence-corrected chi connectivity index (χ3v) is 10.3. The van der Waals surface area contributed by atoms with Gasteiger partial charge in [-0.3, -0.25) is 0 Å². The normalized spacial score (nSPS) is 19.8. The zero-order valence-corrected chi connectivity index (χ0v) is 35.3. The highest BCUT2D eigenvalue weighted by atomic mass is 16.3. The maximum absolute atomic E-state index is 10.6. The van der Waals surface area contributed by atoms with Crippen LogP contribution in [0.4, 0.5) is 0 Å². The summed E-state index contributed by atoms with van der Waals surface area (Å²) in [6.45, 7) is 28.0. The Morgan fingerprint density at radius 2 is 1.23 bits per heavy atom. The van der Waals surface area contributed by atoms with Crippen molar-refractivity contribution in [1.82, 2.24) is 0 Å². The predicted octanol–water partition coefficient (Wildman–Crippen LogP) is 14.1. The first-order valence-corrected chi connectivity index (χ1v) is 19.4. The molecule has 0 aromatic heterocycles. The van der Waals surface area contributed by atoms with E-state index in [9.17, 15) is 10.2 Å². The van der Waals surface area contributed by atoms with E-state index in [4.69, 9.17) is 0 Å². The van der Waals surface area contributed by atoms with Gasteiger partial charge in [-0.2, -0.15) is 0 Å². The van der Waals surface area contributed by atoms with Gasteiger partial charge in [-0.1, -0.05) is 162 Å². The SMILES string of the molecule is CC(C)=CC[C@@H](CC/C(C)=C/C=C/C(C)=C/C=C/C(C)=C/C=C/C=C(C)/C=C/C=C(C)/C=C/C1=C(C)CC[C@H](C/C=C(\C)CO)C1(C)C)C(C)(C)O. The fourth-order valence-electron chi connectivity index (χ4n) is 6.38. The van der Waals surface area contributed by atoms with E-state index in [1.54, 1.807) is 0 Å². The van der Waals surface area contributed by atoms with Crippen molar-refractivity contribution < 1.29 is 10.2 Å². The van der Waals surface area contributed by atoms with Gasteiger partial charge in [-0.25, -0.2) is 0 Å².